The van der Waals surface area contributed by atoms with Gasteiger partial charge in [0.25, 0.3) is 0 Å². The van der Waals surface area contributed by atoms with Crippen molar-refractivity contribution in [2.45, 2.75) is 83.8 Å². The summed E-state index contributed by atoms with van der Waals surface area (Å²) in [5, 5.41) is 4.50. The third-order valence-electron chi connectivity index (χ3n) is 6.86. The predicted octanol–water partition coefficient (Wildman–Crippen LogP) is 3.15. The molecule has 4 rings (SSSR count). The minimum absolute atomic E-state index is 0.317. The van der Waals surface area contributed by atoms with Gasteiger partial charge in [0.2, 0.25) is 5.91 Å². The number of rotatable bonds is 4. The zero-order chi connectivity index (χ0) is 18.1. The molecule has 1 saturated carbocycles. The van der Waals surface area contributed by atoms with E-state index in [1.165, 1.54) is 51.5 Å². The number of carbonyl (C=O) groups is 1. The van der Waals surface area contributed by atoms with Crippen LogP contribution in [0.5, 0.6) is 0 Å². The van der Waals surface area contributed by atoms with Gasteiger partial charge in [-0.05, 0) is 58.1 Å². The van der Waals surface area contributed by atoms with Gasteiger partial charge in [0.05, 0.1) is 5.69 Å². The first kappa shape index (κ1) is 18.0. The first-order chi connectivity index (χ1) is 12.6. The van der Waals surface area contributed by atoms with E-state index in [0.29, 0.717) is 30.8 Å². The lowest BCUT2D eigenvalue weighted by Crippen LogP contribution is -2.46. The Morgan fingerprint density at radius 1 is 1.12 bits per heavy atom. The van der Waals surface area contributed by atoms with E-state index in [1.54, 1.807) is 0 Å². The summed E-state index contributed by atoms with van der Waals surface area (Å²) in [7, 11) is 0. The standard InChI is InChI=1S/C21H34N4O/c1-16-13-17(2)25(22-16)12-10-21(26)23-14-18-7-5-6-11-24(20(18)15-23)19-8-3-4-9-19/h13,18-20H,3-12,14-15H2,1-2H3/t18-,20+/m0/s1. The van der Waals surface area contributed by atoms with Crippen LogP contribution in [-0.4, -0.2) is 57.2 Å². The van der Waals surface area contributed by atoms with Gasteiger partial charge in [0, 0.05) is 43.8 Å². The summed E-state index contributed by atoms with van der Waals surface area (Å²) in [6.07, 6.45) is 10.1. The maximum atomic E-state index is 12.9. The molecule has 5 heteroatoms. The van der Waals surface area contributed by atoms with E-state index in [4.69, 9.17) is 0 Å². The molecule has 2 saturated heterocycles. The molecular formula is C21H34N4O. The molecule has 144 valence electrons. The van der Waals surface area contributed by atoms with E-state index in [2.05, 4.69) is 27.9 Å². The molecule has 5 nitrogen and oxygen atoms in total. The Balaban J connectivity index is 1.37. The maximum absolute atomic E-state index is 12.9. The molecule has 2 atom stereocenters. The third-order valence-corrected chi connectivity index (χ3v) is 6.86. The highest BCUT2D eigenvalue weighted by Crippen LogP contribution is 2.35. The van der Waals surface area contributed by atoms with Crippen LogP contribution in [0.1, 0.15) is 62.8 Å². The number of aromatic nitrogens is 2. The van der Waals surface area contributed by atoms with Crippen LogP contribution in [-0.2, 0) is 11.3 Å². The third kappa shape index (κ3) is 3.68. The van der Waals surface area contributed by atoms with Gasteiger partial charge in [0.15, 0.2) is 0 Å². The van der Waals surface area contributed by atoms with Gasteiger partial charge >= 0.3 is 0 Å². The zero-order valence-electron chi connectivity index (χ0n) is 16.5. The van der Waals surface area contributed by atoms with Crippen LogP contribution >= 0.6 is 0 Å². The molecule has 0 N–H and O–H groups in total. The van der Waals surface area contributed by atoms with Crippen molar-refractivity contribution in [3.8, 4) is 0 Å². The molecule has 1 aromatic rings. The number of nitrogens with zero attached hydrogens (tertiary/aromatic N) is 4. The number of hydrogen-bond donors (Lipinski definition) is 0. The normalized spacial score (nSPS) is 27.7. The molecular weight excluding hydrogens is 324 g/mol. The smallest absolute Gasteiger partial charge is 0.224 e. The molecule has 3 aliphatic rings. The van der Waals surface area contributed by atoms with Crippen molar-refractivity contribution in [3.63, 3.8) is 0 Å². The largest absolute Gasteiger partial charge is 0.341 e. The van der Waals surface area contributed by atoms with Gasteiger partial charge < -0.3 is 4.90 Å². The number of aryl methyl sites for hydroxylation is 3. The minimum atomic E-state index is 0.317. The van der Waals surface area contributed by atoms with E-state index in [1.807, 2.05) is 11.6 Å². The van der Waals surface area contributed by atoms with Gasteiger partial charge in [-0.1, -0.05) is 19.3 Å². The second kappa shape index (κ2) is 7.71. The monoisotopic (exact) mass is 358 g/mol. The lowest BCUT2D eigenvalue weighted by atomic mass is 9.97. The van der Waals surface area contributed by atoms with Gasteiger partial charge in [-0.15, -0.1) is 0 Å². The quantitative estimate of drug-likeness (QED) is 0.830. The molecule has 2 aliphatic heterocycles. The Hall–Kier alpha value is -1.36. The SMILES string of the molecule is Cc1cc(C)n(CCC(=O)N2C[C@@H]3CCCCN(C4CCCC4)[C@@H]3C2)n1. The zero-order valence-corrected chi connectivity index (χ0v) is 16.5. The van der Waals surface area contributed by atoms with Crippen molar-refractivity contribution in [2.24, 2.45) is 5.92 Å². The first-order valence-corrected chi connectivity index (χ1v) is 10.7. The molecule has 3 heterocycles. The highest BCUT2D eigenvalue weighted by Gasteiger charge is 2.41. The van der Waals surface area contributed by atoms with Crippen molar-refractivity contribution in [3.05, 3.63) is 17.5 Å². The van der Waals surface area contributed by atoms with Crippen LogP contribution in [0.2, 0.25) is 0 Å². The highest BCUT2D eigenvalue weighted by molar-refractivity contribution is 5.76. The topological polar surface area (TPSA) is 41.4 Å². The van der Waals surface area contributed by atoms with Crippen LogP contribution in [0.4, 0.5) is 0 Å². The minimum Gasteiger partial charge on any atom is -0.341 e. The van der Waals surface area contributed by atoms with Gasteiger partial charge in [-0.3, -0.25) is 14.4 Å². The average Bonchev–Trinajstić information content (AvgIpc) is 3.32. The van der Waals surface area contributed by atoms with Gasteiger partial charge in [-0.25, -0.2) is 0 Å². The van der Waals surface area contributed by atoms with Crippen molar-refractivity contribution in [2.75, 3.05) is 19.6 Å². The Labute approximate surface area is 157 Å². The van der Waals surface area contributed by atoms with E-state index in [9.17, 15) is 4.79 Å². The molecule has 1 aromatic heterocycles. The summed E-state index contributed by atoms with van der Waals surface area (Å²) >= 11 is 0. The molecule has 3 fully saturated rings. The molecule has 26 heavy (non-hydrogen) atoms. The maximum Gasteiger partial charge on any atom is 0.224 e. The number of amides is 1. The second-order valence-corrected chi connectivity index (χ2v) is 8.70. The fraction of sp³-hybridized carbons (Fsp3) is 0.810. The van der Waals surface area contributed by atoms with Crippen molar-refractivity contribution in [1.82, 2.24) is 19.6 Å². The van der Waals surface area contributed by atoms with Crippen LogP contribution in [0.3, 0.4) is 0 Å². The van der Waals surface area contributed by atoms with Crippen molar-refractivity contribution < 1.29 is 4.79 Å². The Bertz CT molecular complexity index is 634. The fourth-order valence-corrected chi connectivity index (χ4v) is 5.53. The highest BCUT2D eigenvalue weighted by atomic mass is 16.2. The van der Waals surface area contributed by atoms with E-state index >= 15 is 0 Å². The Morgan fingerprint density at radius 2 is 1.88 bits per heavy atom. The number of likely N-dealkylation sites (tertiary alicyclic amines) is 2. The summed E-state index contributed by atoms with van der Waals surface area (Å²) in [5.74, 6) is 1.01. The Kier molecular flexibility index (Phi) is 5.35. The average molecular weight is 359 g/mol. The predicted molar refractivity (Wildman–Crippen MR) is 103 cm³/mol. The molecule has 0 radical (unpaired) electrons. The Morgan fingerprint density at radius 3 is 2.62 bits per heavy atom. The summed E-state index contributed by atoms with van der Waals surface area (Å²) < 4.78 is 1.98. The molecule has 0 aromatic carbocycles. The van der Waals surface area contributed by atoms with Crippen LogP contribution in [0.25, 0.3) is 0 Å². The summed E-state index contributed by atoms with van der Waals surface area (Å²) in [4.78, 5) is 17.8. The molecule has 0 bridgehead atoms. The summed E-state index contributed by atoms with van der Waals surface area (Å²) in [5.41, 5.74) is 2.18. The molecule has 1 amide bonds. The molecule has 1 aliphatic carbocycles. The second-order valence-electron chi connectivity index (χ2n) is 8.70. The van der Waals surface area contributed by atoms with Gasteiger partial charge in [0.1, 0.15) is 0 Å². The molecule has 0 unspecified atom stereocenters. The van der Waals surface area contributed by atoms with E-state index in [0.717, 1.165) is 30.5 Å². The summed E-state index contributed by atoms with van der Waals surface area (Å²) in [6, 6.07) is 3.47. The number of fused-ring (bicyclic) bond motifs is 1. The van der Waals surface area contributed by atoms with Crippen LogP contribution < -0.4 is 0 Å². The van der Waals surface area contributed by atoms with E-state index < -0.39 is 0 Å². The van der Waals surface area contributed by atoms with Crippen LogP contribution in [0, 0.1) is 19.8 Å². The lowest BCUT2D eigenvalue weighted by Gasteiger charge is -2.35. The van der Waals surface area contributed by atoms with E-state index in [-0.39, 0.29) is 0 Å². The fourth-order valence-electron chi connectivity index (χ4n) is 5.53. The van der Waals surface area contributed by atoms with Crippen molar-refractivity contribution >= 4 is 5.91 Å². The summed E-state index contributed by atoms with van der Waals surface area (Å²) in [6.45, 7) is 7.96. The van der Waals surface area contributed by atoms with Gasteiger partial charge in [-0.2, -0.15) is 5.10 Å². The lowest BCUT2D eigenvalue weighted by molar-refractivity contribution is -0.130. The van der Waals surface area contributed by atoms with Crippen molar-refractivity contribution in [1.29, 1.82) is 0 Å². The van der Waals surface area contributed by atoms with Crippen LogP contribution in [0.15, 0.2) is 6.07 Å². The first-order valence-electron chi connectivity index (χ1n) is 10.7. The number of carbonyl (C=O) groups excluding carboxylic acids is 1. The number of hydrogen-bond acceptors (Lipinski definition) is 3. The molecule has 0 spiro atoms.